The SMILES string of the molecule is N#CC1(c2ccccc2)C=CC=CC1C=O. The van der Waals surface area contributed by atoms with Crippen molar-refractivity contribution in [1.29, 1.82) is 5.26 Å². The minimum Gasteiger partial charge on any atom is -0.303 e. The molecule has 1 aliphatic rings. The second-order valence-electron chi connectivity index (χ2n) is 3.75. The lowest BCUT2D eigenvalue weighted by atomic mass is 9.70. The molecule has 0 N–H and O–H groups in total. The van der Waals surface area contributed by atoms with E-state index in [4.69, 9.17) is 0 Å². The fraction of sp³-hybridized carbons (Fsp3) is 0.143. The third-order valence-electron chi connectivity index (χ3n) is 2.90. The molecule has 78 valence electrons. The molecule has 2 heteroatoms. The predicted molar refractivity (Wildman–Crippen MR) is 61.6 cm³/mol. The highest BCUT2D eigenvalue weighted by atomic mass is 16.1. The second kappa shape index (κ2) is 4.16. The van der Waals surface area contributed by atoms with Gasteiger partial charge in [0.15, 0.2) is 0 Å². The van der Waals surface area contributed by atoms with Gasteiger partial charge < -0.3 is 4.79 Å². The van der Waals surface area contributed by atoms with Crippen LogP contribution in [-0.4, -0.2) is 6.29 Å². The molecule has 1 aliphatic carbocycles. The maximum atomic E-state index is 11.1. The molecule has 0 aliphatic heterocycles. The highest BCUT2D eigenvalue weighted by Crippen LogP contribution is 2.35. The normalized spacial score (nSPS) is 27.3. The van der Waals surface area contributed by atoms with Crippen LogP contribution in [0.3, 0.4) is 0 Å². The number of aldehydes is 1. The fourth-order valence-corrected chi connectivity index (χ4v) is 1.99. The Morgan fingerprint density at radius 2 is 2.00 bits per heavy atom. The van der Waals surface area contributed by atoms with Gasteiger partial charge in [0.2, 0.25) is 0 Å². The van der Waals surface area contributed by atoms with Crippen LogP contribution in [0.25, 0.3) is 0 Å². The van der Waals surface area contributed by atoms with E-state index in [1.807, 2.05) is 36.4 Å². The monoisotopic (exact) mass is 209 g/mol. The van der Waals surface area contributed by atoms with Crippen LogP contribution >= 0.6 is 0 Å². The Balaban J connectivity index is 2.56. The molecule has 0 aromatic heterocycles. The molecule has 0 amide bonds. The van der Waals surface area contributed by atoms with Crippen molar-refractivity contribution in [1.82, 2.24) is 0 Å². The van der Waals surface area contributed by atoms with Crippen molar-refractivity contribution in [2.24, 2.45) is 5.92 Å². The van der Waals surface area contributed by atoms with Gasteiger partial charge in [-0.2, -0.15) is 5.26 Å². The van der Waals surface area contributed by atoms with Crippen molar-refractivity contribution in [2.45, 2.75) is 5.41 Å². The standard InChI is InChI=1S/C14H11NO/c15-11-14(12-6-2-1-3-7-12)9-5-4-8-13(14)10-16/h1-10,13H. The molecular formula is C14H11NO. The van der Waals surface area contributed by atoms with E-state index in [1.165, 1.54) is 0 Å². The summed E-state index contributed by atoms with van der Waals surface area (Å²) in [4.78, 5) is 11.1. The summed E-state index contributed by atoms with van der Waals surface area (Å²) in [7, 11) is 0. The first-order chi connectivity index (χ1) is 7.83. The van der Waals surface area contributed by atoms with Gasteiger partial charge in [0.1, 0.15) is 11.7 Å². The maximum absolute atomic E-state index is 11.1. The summed E-state index contributed by atoms with van der Waals surface area (Å²) < 4.78 is 0. The van der Waals surface area contributed by atoms with Crippen molar-refractivity contribution in [2.75, 3.05) is 0 Å². The largest absolute Gasteiger partial charge is 0.303 e. The molecule has 0 fully saturated rings. The quantitative estimate of drug-likeness (QED) is 0.702. The number of hydrogen-bond donors (Lipinski definition) is 0. The molecule has 0 heterocycles. The third kappa shape index (κ3) is 1.47. The minimum atomic E-state index is -0.849. The van der Waals surface area contributed by atoms with Crippen LogP contribution in [0.4, 0.5) is 0 Å². The van der Waals surface area contributed by atoms with Gasteiger partial charge in [0, 0.05) is 0 Å². The van der Waals surface area contributed by atoms with Crippen LogP contribution < -0.4 is 0 Å². The maximum Gasteiger partial charge on any atom is 0.129 e. The second-order valence-corrected chi connectivity index (χ2v) is 3.75. The smallest absolute Gasteiger partial charge is 0.129 e. The van der Waals surface area contributed by atoms with E-state index in [9.17, 15) is 10.1 Å². The molecule has 1 aromatic carbocycles. The molecule has 2 atom stereocenters. The zero-order chi connectivity index (χ0) is 11.4. The number of carbonyl (C=O) groups excluding carboxylic acids is 1. The molecule has 0 saturated heterocycles. The molecule has 2 nitrogen and oxygen atoms in total. The molecule has 16 heavy (non-hydrogen) atoms. The predicted octanol–water partition coefficient (Wildman–Crippen LogP) is 2.39. The Bertz CT molecular complexity index is 481. The molecule has 0 radical (unpaired) electrons. The van der Waals surface area contributed by atoms with Gasteiger partial charge in [0.25, 0.3) is 0 Å². The van der Waals surface area contributed by atoms with Crippen molar-refractivity contribution in [3.63, 3.8) is 0 Å². The van der Waals surface area contributed by atoms with Crippen molar-refractivity contribution >= 4 is 6.29 Å². The van der Waals surface area contributed by atoms with E-state index in [1.54, 1.807) is 18.2 Å². The number of hydrogen-bond acceptors (Lipinski definition) is 2. The number of benzene rings is 1. The van der Waals surface area contributed by atoms with Crippen molar-refractivity contribution < 1.29 is 4.79 Å². The van der Waals surface area contributed by atoms with E-state index in [2.05, 4.69) is 6.07 Å². The van der Waals surface area contributed by atoms with E-state index in [-0.39, 0.29) is 0 Å². The van der Waals surface area contributed by atoms with Gasteiger partial charge in [-0.3, -0.25) is 0 Å². The molecule has 0 saturated carbocycles. The lowest BCUT2D eigenvalue weighted by Gasteiger charge is -2.29. The van der Waals surface area contributed by atoms with Crippen molar-refractivity contribution in [3.8, 4) is 6.07 Å². The van der Waals surface area contributed by atoms with Crippen LogP contribution in [0.1, 0.15) is 5.56 Å². The first-order valence-corrected chi connectivity index (χ1v) is 5.11. The average Bonchev–Trinajstić information content (AvgIpc) is 2.39. The Hall–Kier alpha value is -2.14. The average molecular weight is 209 g/mol. The molecular weight excluding hydrogens is 198 g/mol. The number of nitrogens with zero attached hydrogens (tertiary/aromatic N) is 1. The van der Waals surface area contributed by atoms with Crippen molar-refractivity contribution in [3.05, 3.63) is 60.2 Å². The Kier molecular flexibility index (Phi) is 2.70. The summed E-state index contributed by atoms with van der Waals surface area (Å²) in [5, 5.41) is 9.40. The highest BCUT2D eigenvalue weighted by molar-refractivity contribution is 5.66. The van der Waals surface area contributed by atoms with E-state index in [0.717, 1.165) is 11.8 Å². The Morgan fingerprint density at radius 1 is 1.25 bits per heavy atom. The van der Waals surface area contributed by atoms with Gasteiger partial charge in [0.05, 0.1) is 12.0 Å². The number of nitriles is 1. The van der Waals surface area contributed by atoms with Gasteiger partial charge in [-0.1, -0.05) is 54.6 Å². The summed E-state index contributed by atoms with van der Waals surface area (Å²) in [6.45, 7) is 0. The molecule has 2 unspecified atom stereocenters. The fourth-order valence-electron chi connectivity index (χ4n) is 1.99. The van der Waals surface area contributed by atoms with Gasteiger partial charge in [-0.05, 0) is 5.56 Å². The number of allylic oxidation sites excluding steroid dienone is 4. The molecule has 0 bridgehead atoms. The zero-order valence-corrected chi connectivity index (χ0v) is 8.71. The zero-order valence-electron chi connectivity index (χ0n) is 8.71. The summed E-state index contributed by atoms with van der Waals surface area (Å²) in [6.07, 6.45) is 8.01. The van der Waals surface area contributed by atoms with Gasteiger partial charge in [-0.25, -0.2) is 0 Å². The highest BCUT2D eigenvalue weighted by Gasteiger charge is 2.38. The van der Waals surface area contributed by atoms with E-state index >= 15 is 0 Å². The summed E-state index contributed by atoms with van der Waals surface area (Å²) in [5.41, 5.74) is 0.00722. The lowest BCUT2D eigenvalue weighted by molar-refractivity contribution is -0.110. The van der Waals surface area contributed by atoms with Crippen LogP contribution in [0, 0.1) is 17.2 Å². The lowest BCUT2D eigenvalue weighted by Crippen LogP contribution is -2.32. The van der Waals surface area contributed by atoms with Crippen LogP contribution in [0.15, 0.2) is 54.6 Å². The van der Waals surface area contributed by atoms with Crippen LogP contribution in [0.2, 0.25) is 0 Å². The van der Waals surface area contributed by atoms with Crippen LogP contribution in [-0.2, 0) is 10.2 Å². The molecule has 2 rings (SSSR count). The van der Waals surface area contributed by atoms with E-state index < -0.39 is 11.3 Å². The molecule has 0 spiro atoms. The first kappa shape index (κ1) is 10.4. The summed E-state index contributed by atoms with van der Waals surface area (Å²) in [5.74, 6) is -0.412. The van der Waals surface area contributed by atoms with Gasteiger partial charge in [-0.15, -0.1) is 0 Å². The Morgan fingerprint density at radius 3 is 2.62 bits per heavy atom. The van der Waals surface area contributed by atoms with Gasteiger partial charge >= 0.3 is 0 Å². The summed E-state index contributed by atoms with van der Waals surface area (Å²) in [6, 6.07) is 11.7. The van der Waals surface area contributed by atoms with Crippen LogP contribution in [0.5, 0.6) is 0 Å². The topological polar surface area (TPSA) is 40.9 Å². The van der Waals surface area contributed by atoms with E-state index in [0.29, 0.717) is 0 Å². The molecule has 1 aromatic rings. The first-order valence-electron chi connectivity index (χ1n) is 5.11. The minimum absolute atomic E-state index is 0.412. The summed E-state index contributed by atoms with van der Waals surface area (Å²) >= 11 is 0. The third-order valence-corrected chi connectivity index (χ3v) is 2.90. The number of carbonyl (C=O) groups is 1. The Labute approximate surface area is 94.5 Å². The number of rotatable bonds is 2.